The second kappa shape index (κ2) is 9.83. The van der Waals surface area contributed by atoms with Crippen LogP contribution in [0.1, 0.15) is 64.5 Å². The average molecular weight is 290 g/mol. The third kappa shape index (κ3) is 6.09. The number of unbranched alkanes of at least 4 members (excludes halogenated alkanes) is 2. The third-order valence-corrected chi connectivity index (χ3v) is 3.91. The zero-order chi connectivity index (χ0) is 15.7. The Labute approximate surface area is 131 Å². The lowest BCUT2D eigenvalue weighted by Gasteiger charge is -2.31. The minimum absolute atomic E-state index is 0.550. The molecule has 120 valence electrons. The average Bonchev–Trinajstić information content (AvgIpc) is 2.45. The van der Waals surface area contributed by atoms with E-state index < -0.39 is 0 Å². The molecule has 2 heteroatoms. The molecular formula is C19H34N2. The van der Waals surface area contributed by atoms with Gasteiger partial charge in [-0.15, -0.1) is 0 Å². The number of benzene rings is 1. The first-order chi connectivity index (χ1) is 10.1. The Hall–Kier alpha value is -1.02. The molecule has 21 heavy (non-hydrogen) atoms. The number of aryl methyl sites for hydroxylation is 1. The van der Waals surface area contributed by atoms with Crippen molar-refractivity contribution >= 4 is 5.69 Å². The Balaban J connectivity index is 2.88. The second-order valence-electron chi connectivity index (χ2n) is 6.30. The van der Waals surface area contributed by atoms with Crippen LogP contribution in [0.25, 0.3) is 0 Å². The smallest absolute Gasteiger partial charge is 0.0414 e. The third-order valence-electron chi connectivity index (χ3n) is 3.91. The molecule has 0 fully saturated rings. The maximum atomic E-state index is 3.55. The van der Waals surface area contributed by atoms with E-state index in [4.69, 9.17) is 0 Å². The highest BCUT2D eigenvalue weighted by Crippen LogP contribution is 2.24. The summed E-state index contributed by atoms with van der Waals surface area (Å²) >= 11 is 0. The minimum Gasteiger partial charge on any atom is -0.369 e. The summed E-state index contributed by atoms with van der Waals surface area (Å²) in [4.78, 5) is 2.57. The SMILES string of the molecule is CCCCCN(c1ccc(C)cc1CNCCC)C(C)C. The van der Waals surface area contributed by atoms with Crippen molar-refractivity contribution in [1.29, 1.82) is 0 Å². The second-order valence-corrected chi connectivity index (χ2v) is 6.30. The molecule has 0 saturated heterocycles. The van der Waals surface area contributed by atoms with E-state index in [0.29, 0.717) is 6.04 Å². The van der Waals surface area contributed by atoms with Crippen LogP contribution >= 0.6 is 0 Å². The molecule has 0 spiro atoms. The highest BCUT2D eigenvalue weighted by Gasteiger charge is 2.14. The van der Waals surface area contributed by atoms with Gasteiger partial charge in [-0.3, -0.25) is 0 Å². The van der Waals surface area contributed by atoms with Crippen LogP contribution in [-0.2, 0) is 6.54 Å². The molecule has 0 heterocycles. The van der Waals surface area contributed by atoms with Gasteiger partial charge in [-0.2, -0.15) is 0 Å². The van der Waals surface area contributed by atoms with Gasteiger partial charge in [-0.1, -0.05) is 44.4 Å². The first kappa shape index (κ1) is 18.0. The lowest BCUT2D eigenvalue weighted by Crippen LogP contribution is -2.33. The van der Waals surface area contributed by atoms with Gasteiger partial charge in [0, 0.05) is 24.8 Å². The van der Waals surface area contributed by atoms with Crippen molar-refractivity contribution in [3.05, 3.63) is 29.3 Å². The Morgan fingerprint density at radius 3 is 2.48 bits per heavy atom. The van der Waals surface area contributed by atoms with Crippen LogP contribution < -0.4 is 10.2 Å². The maximum absolute atomic E-state index is 3.55. The summed E-state index contributed by atoms with van der Waals surface area (Å²) in [7, 11) is 0. The van der Waals surface area contributed by atoms with Crippen molar-refractivity contribution in [3.63, 3.8) is 0 Å². The number of hydrogen-bond donors (Lipinski definition) is 1. The van der Waals surface area contributed by atoms with E-state index in [2.05, 4.69) is 63.0 Å². The topological polar surface area (TPSA) is 15.3 Å². The lowest BCUT2D eigenvalue weighted by molar-refractivity contribution is 0.618. The number of anilines is 1. The Morgan fingerprint density at radius 1 is 1.10 bits per heavy atom. The zero-order valence-corrected chi connectivity index (χ0v) is 14.7. The number of nitrogens with one attached hydrogen (secondary N) is 1. The van der Waals surface area contributed by atoms with Crippen molar-refractivity contribution in [1.82, 2.24) is 5.32 Å². The van der Waals surface area contributed by atoms with E-state index >= 15 is 0 Å². The van der Waals surface area contributed by atoms with E-state index in [1.807, 2.05) is 0 Å². The largest absolute Gasteiger partial charge is 0.369 e. The predicted molar refractivity (Wildman–Crippen MR) is 95.2 cm³/mol. The van der Waals surface area contributed by atoms with Crippen LogP contribution in [0.3, 0.4) is 0 Å². The van der Waals surface area contributed by atoms with Gasteiger partial charge in [0.25, 0.3) is 0 Å². The Morgan fingerprint density at radius 2 is 1.86 bits per heavy atom. The van der Waals surface area contributed by atoms with Gasteiger partial charge in [-0.25, -0.2) is 0 Å². The molecular weight excluding hydrogens is 256 g/mol. The zero-order valence-electron chi connectivity index (χ0n) is 14.7. The fraction of sp³-hybridized carbons (Fsp3) is 0.684. The highest BCUT2D eigenvalue weighted by atomic mass is 15.2. The predicted octanol–water partition coefficient (Wildman–Crippen LogP) is 4.90. The van der Waals surface area contributed by atoms with Crippen molar-refractivity contribution < 1.29 is 0 Å². The summed E-state index contributed by atoms with van der Waals surface area (Å²) in [6, 6.07) is 7.44. The van der Waals surface area contributed by atoms with Gasteiger partial charge in [-0.05, 0) is 51.8 Å². The van der Waals surface area contributed by atoms with Crippen LogP contribution in [0.2, 0.25) is 0 Å². The number of nitrogens with zero attached hydrogens (tertiary/aromatic N) is 1. The number of hydrogen-bond acceptors (Lipinski definition) is 2. The van der Waals surface area contributed by atoms with Gasteiger partial charge in [0.2, 0.25) is 0 Å². The molecule has 0 radical (unpaired) electrons. The van der Waals surface area contributed by atoms with Crippen molar-refractivity contribution in [2.75, 3.05) is 18.0 Å². The highest BCUT2D eigenvalue weighted by molar-refractivity contribution is 5.55. The molecule has 0 bridgehead atoms. The van der Waals surface area contributed by atoms with Crippen molar-refractivity contribution in [2.24, 2.45) is 0 Å². The summed E-state index contributed by atoms with van der Waals surface area (Å²) < 4.78 is 0. The van der Waals surface area contributed by atoms with Crippen LogP contribution in [0.4, 0.5) is 5.69 Å². The summed E-state index contributed by atoms with van der Waals surface area (Å²) in [5, 5.41) is 3.55. The van der Waals surface area contributed by atoms with Crippen LogP contribution in [-0.4, -0.2) is 19.1 Å². The first-order valence-electron chi connectivity index (χ1n) is 8.67. The molecule has 0 unspecified atom stereocenters. The standard InChI is InChI=1S/C19H34N2/c1-6-8-9-13-21(16(3)4)19-11-10-17(5)14-18(19)15-20-12-7-2/h10-11,14,16,20H,6-9,12-13,15H2,1-5H3. The molecule has 0 aromatic heterocycles. The van der Waals surface area contributed by atoms with E-state index in [-0.39, 0.29) is 0 Å². The van der Waals surface area contributed by atoms with E-state index in [9.17, 15) is 0 Å². The van der Waals surface area contributed by atoms with Gasteiger partial charge >= 0.3 is 0 Å². The lowest BCUT2D eigenvalue weighted by atomic mass is 10.1. The quantitative estimate of drug-likeness (QED) is 0.617. The number of rotatable bonds is 10. The molecule has 0 amide bonds. The van der Waals surface area contributed by atoms with Crippen molar-refractivity contribution in [2.45, 2.75) is 72.9 Å². The molecule has 0 saturated carbocycles. The minimum atomic E-state index is 0.550. The fourth-order valence-corrected chi connectivity index (χ4v) is 2.72. The summed E-state index contributed by atoms with van der Waals surface area (Å²) in [6.07, 6.45) is 5.07. The summed E-state index contributed by atoms with van der Waals surface area (Å²) in [6.45, 7) is 14.5. The van der Waals surface area contributed by atoms with E-state index in [1.54, 1.807) is 0 Å². The molecule has 0 aliphatic carbocycles. The maximum Gasteiger partial charge on any atom is 0.0414 e. The molecule has 0 aliphatic rings. The van der Waals surface area contributed by atoms with Gasteiger partial charge in [0.05, 0.1) is 0 Å². The molecule has 1 aromatic carbocycles. The molecule has 2 nitrogen and oxygen atoms in total. The van der Waals surface area contributed by atoms with Crippen LogP contribution in [0.5, 0.6) is 0 Å². The van der Waals surface area contributed by atoms with Crippen LogP contribution in [0.15, 0.2) is 18.2 Å². The van der Waals surface area contributed by atoms with Crippen molar-refractivity contribution in [3.8, 4) is 0 Å². The Kier molecular flexibility index (Phi) is 8.44. The summed E-state index contributed by atoms with van der Waals surface area (Å²) in [5.41, 5.74) is 4.20. The van der Waals surface area contributed by atoms with Gasteiger partial charge in [0.1, 0.15) is 0 Å². The normalized spacial score (nSPS) is 11.1. The molecule has 0 aliphatic heterocycles. The molecule has 0 atom stereocenters. The van der Waals surface area contributed by atoms with E-state index in [0.717, 1.165) is 19.6 Å². The first-order valence-corrected chi connectivity index (χ1v) is 8.67. The molecule has 1 aromatic rings. The van der Waals surface area contributed by atoms with E-state index in [1.165, 1.54) is 42.5 Å². The van der Waals surface area contributed by atoms with Gasteiger partial charge < -0.3 is 10.2 Å². The molecule has 1 rings (SSSR count). The fourth-order valence-electron chi connectivity index (χ4n) is 2.72. The van der Waals surface area contributed by atoms with Crippen LogP contribution in [0, 0.1) is 6.92 Å². The monoisotopic (exact) mass is 290 g/mol. The summed E-state index contributed by atoms with van der Waals surface area (Å²) in [5.74, 6) is 0. The van der Waals surface area contributed by atoms with Gasteiger partial charge in [0.15, 0.2) is 0 Å². The molecule has 1 N–H and O–H groups in total. The Bertz CT molecular complexity index is 399.